The average molecular weight is 350 g/mol. The normalized spacial score (nSPS) is 12.0. The molecular formula is C20H35N3O2. The van der Waals surface area contributed by atoms with Gasteiger partial charge in [0.15, 0.2) is 0 Å². The van der Waals surface area contributed by atoms with Gasteiger partial charge in [0.1, 0.15) is 5.60 Å². The molecule has 0 atom stereocenters. The van der Waals surface area contributed by atoms with Crippen molar-refractivity contribution in [2.24, 2.45) is 0 Å². The van der Waals surface area contributed by atoms with Crippen molar-refractivity contribution in [1.82, 2.24) is 10.2 Å². The molecule has 0 aromatic heterocycles. The Morgan fingerprint density at radius 3 is 2.36 bits per heavy atom. The van der Waals surface area contributed by atoms with Gasteiger partial charge in [0.05, 0.1) is 0 Å². The summed E-state index contributed by atoms with van der Waals surface area (Å²) in [6.45, 7) is 17.0. The Morgan fingerprint density at radius 2 is 1.80 bits per heavy atom. The quantitative estimate of drug-likeness (QED) is 0.723. The van der Waals surface area contributed by atoms with Crippen LogP contribution in [0.15, 0.2) is 24.3 Å². The number of benzene rings is 1. The van der Waals surface area contributed by atoms with Gasteiger partial charge in [-0.1, -0.05) is 12.1 Å². The van der Waals surface area contributed by atoms with Crippen LogP contribution in [0.1, 0.15) is 54.0 Å². The van der Waals surface area contributed by atoms with Crippen LogP contribution < -0.4 is 10.6 Å². The second-order valence-corrected chi connectivity index (χ2v) is 8.30. The molecule has 5 heteroatoms. The molecule has 0 aliphatic heterocycles. The Bertz CT molecular complexity index is 545. The summed E-state index contributed by atoms with van der Waals surface area (Å²) in [5, 5.41) is 6.87. The smallest absolute Gasteiger partial charge is 0.410 e. The van der Waals surface area contributed by atoms with Gasteiger partial charge in [-0.05, 0) is 66.2 Å². The van der Waals surface area contributed by atoms with Gasteiger partial charge in [-0.3, -0.25) is 0 Å². The summed E-state index contributed by atoms with van der Waals surface area (Å²) in [6.07, 6.45) is -0.275. The lowest BCUT2D eigenvalue weighted by molar-refractivity contribution is 0.0244. The lowest BCUT2D eigenvalue weighted by atomic mass is 10.1. The summed E-state index contributed by atoms with van der Waals surface area (Å²) in [6, 6.07) is 8.18. The number of ether oxygens (including phenoxy) is 1. The van der Waals surface area contributed by atoms with Gasteiger partial charge in [-0.15, -0.1) is 0 Å². The van der Waals surface area contributed by atoms with Gasteiger partial charge >= 0.3 is 6.09 Å². The second-order valence-electron chi connectivity index (χ2n) is 8.30. The third-order valence-corrected chi connectivity index (χ3v) is 3.44. The molecule has 1 rings (SSSR count). The molecular weight excluding hydrogens is 314 g/mol. The second kappa shape index (κ2) is 9.09. The number of amides is 1. The number of anilines is 1. The van der Waals surface area contributed by atoms with Crippen LogP contribution in [0.25, 0.3) is 0 Å². The van der Waals surface area contributed by atoms with E-state index < -0.39 is 5.60 Å². The van der Waals surface area contributed by atoms with Crippen LogP contribution in [0.2, 0.25) is 0 Å². The summed E-state index contributed by atoms with van der Waals surface area (Å²) in [4.78, 5) is 14.0. The minimum absolute atomic E-state index is 0.124. The maximum absolute atomic E-state index is 12.3. The minimum Gasteiger partial charge on any atom is -0.444 e. The minimum atomic E-state index is -0.478. The van der Waals surface area contributed by atoms with E-state index in [0.717, 1.165) is 24.3 Å². The summed E-state index contributed by atoms with van der Waals surface area (Å²) in [7, 11) is 0. The lowest BCUT2D eigenvalue weighted by Crippen LogP contribution is -2.38. The largest absolute Gasteiger partial charge is 0.444 e. The Balaban J connectivity index is 2.59. The van der Waals surface area contributed by atoms with E-state index in [1.807, 2.05) is 45.9 Å². The molecule has 0 heterocycles. The molecule has 2 N–H and O–H groups in total. The standard InChI is InChI=1S/C20H35N3O2/c1-8-23(18(24)25-20(5,6)7)15-16-10-9-11-17(14-16)21-12-13-22-19(2,3)4/h9-11,14,21-22H,8,12-13,15H2,1-7H3. The molecule has 1 amide bonds. The van der Waals surface area contributed by atoms with E-state index in [4.69, 9.17) is 4.74 Å². The molecule has 0 spiro atoms. The van der Waals surface area contributed by atoms with E-state index in [-0.39, 0.29) is 11.6 Å². The number of carbonyl (C=O) groups excluding carboxylic acids is 1. The maximum atomic E-state index is 12.3. The number of nitrogens with zero attached hydrogens (tertiary/aromatic N) is 1. The molecule has 0 radical (unpaired) electrons. The Hall–Kier alpha value is -1.75. The number of hydrogen-bond donors (Lipinski definition) is 2. The van der Waals surface area contributed by atoms with E-state index >= 15 is 0 Å². The number of nitrogens with one attached hydrogen (secondary N) is 2. The van der Waals surface area contributed by atoms with Crippen molar-refractivity contribution < 1.29 is 9.53 Å². The third-order valence-electron chi connectivity index (χ3n) is 3.44. The van der Waals surface area contributed by atoms with E-state index in [0.29, 0.717) is 13.1 Å². The van der Waals surface area contributed by atoms with Gasteiger partial charge in [0, 0.05) is 37.4 Å². The van der Waals surface area contributed by atoms with E-state index in [1.54, 1.807) is 4.90 Å². The molecule has 25 heavy (non-hydrogen) atoms. The van der Waals surface area contributed by atoms with Crippen LogP contribution >= 0.6 is 0 Å². The van der Waals surface area contributed by atoms with Crippen LogP contribution in [-0.4, -0.2) is 41.8 Å². The first-order chi connectivity index (χ1) is 11.5. The molecule has 0 bridgehead atoms. The van der Waals surface area contributed by atoms with Crippen molar-refractivity contribution >= 4 is 11.8 Å². The first-order valence-electron chi connectivity index (χ1n) is 9.06. The number of carbonyl (C=O) groups is 1. The first kappa shape index (κ1) is 21.3. The molecule has 5 nitrogen and oxygen atoms in total. The molecule has 1 aromatic carbocycles. The summed E-state index contributed by atoms with van der Waals surface area (Å²) in [5.41, 5.74) is 1.79. The predicted octanol–water partition coefficient (Wildman–Crippen LogP) is 4.24. The van der Waals surface area contributed by atoms with E-state index in [9.17, 15) is 4.79 Å². The van der Waals surface area contributed by atoms with Gasteiger partial charge in [0.2, 0.25) is 0 Å². The highest BCUT2D eigenvalue weighted by Crippen LogP contribution is 2.15. The topological polar surface area (TPSA) is 53.6 Å². The number of rotatable bonds is 7. The maximum Gasteiger partial charge on any atom is 0.410 e. The zero-order valence-electron chi connectivity index (χ0n) is 16.9. The fraction of sp³-hybridized carbons (Fsp3) is 0.650. The van der Waals surface area contributed by atoms with Crippen molar-refractivity contribution in [3.63, 3.8) is 0 Å². The van der Waals surface area contributed by atoms with Crippen LogP contribution in [0, 0.1) is 0 Å². The van der Waals surface area contributed by atoms with Crippen molar-refractivity contribution in [2.75, 3.05) is 25.0 Å². The van der Waals surface area contributed by atoms with Gasteiger partial charge in [0.25, 0.3) is 0 Å². The van der Waals surface area contributed by atoms with Crippen LogP contribution in [0.4, 0.5) is 10.5 Å². The summed E-state index contributed by atoms with van der Waals surface area (Å²) in [5.74, 6) is 0. The van der Waals surface area contributed by atoms with Gasteiger partial charge in [-0.25, -0.2) is 4.79 Å². The van der Waals surface area contributed by atoms with Crippen LogP contribution in [-0.2, 0) is 11.3 Å². The molecule has 1 aromatic rings. The zero-order valence-corrected chi connectivity index (χ0v) is 16.9. The molecule has 0 unspecified atom stereocenters. The highest BCUT2D eigenvalue weighted by atomic mass is 16.6. The predicted molar refractivity (Wildman–Crippen MR) is 105 cm³/mol. The monoisotopic (exact) mass is 349 g/mol. The first-order valence-corrected chi connectivity index (χ1v) is 9.06. The Morgan fingerprint density at radius 1 is 1.12 bits per heavy atom. The van der Waals surface area contributed by atoms with Gasteiger partial charge < -0.3 is 20.3 Å². The molecule has 0 fully saturated rings. The third kappa shape index (κ3) is 9.34. The fourth-order valence-corrected chi connectivity index (χ4v) is 2.28. The number of hydrogen-bond acceptors (Lipinski definition) is 4. The Labute approximate surface area is 153 Å². The van der Waals surface area contributed by atoms with Crippen molar-refractivity contribution in [1.29, 1.82) is 0 Å². The molecule has 0 saturated carbocycles. The van der Waals surface area contributed by atoms with E-state index in [2.05, 4.69) is 37.5 Å². The van der Waals surface area contributed by atoms with E-state index in [1.165, 1.54) is 0 Å². The summed E-state index contributed by atoms with van der Waals surface area (Å²) >= 11 is 0. The van der Waals surface area contributed by atoms with Gasteiger partial charge in [-0.2, -0.15) is 0 Å². The highest BCUT2D eigenvalue weighted by molar-refractivity contribution is 5.68. The highest BCUT2D eigenvalue weighted by Gasteiger charge is 2.21. The molecule has 0 aliphatic rings. The fourth-order valence-electron chi connectivity index (χ4n) is 2.28. The lowest BCUT2D eigenvalue weighted by Gasteiger charge is -2.26. The van der Waals surface area contributed by atoms with Crippen LogP contribution in [0.5, 0.6) is 0 Å². The van der Waals surface area contributed by atoms with Crippen molar-refractivity contribution in [3.8, 4) is 0 Å². The summed E-state index contributed by atoms with van der Waals surface area (Å²) < 4.78 is 5.47. The zero-order chi connectivity index (χ0) is 19.1. The average Bonchev–Trinajstić information content (AvgIpc) is 2.47. The SMILES string of the molecule is CCN(Cc1cccc(NCCNC(C)(C)C)c1)C(=O)OC(C)(C)C. The molecule has 0 saturated heterocycles. The van der Waals surface area contributed by atoms with Crippen molar-refractivity contribution in [3.05, 3.63) is 29.8 Å². The molecule has 142 valence electrons. The van der Waals surface area contributed by atoms with Crippen LogP contribution in [0.3, 0.4) is 0 Å². The molecule has 0 aliphatic carbocycles. The Kier molecular flexibility index (Phi) is 7.74. The van der Waals surface area contributed by atoms with Crippen molar-refractivity contribution in [2.45, 2.75) is 66.2 Å².